The van der Waals surface area contributed by atoms with Gasteiger partial charge in [-0.05, 0) is 61.5 Å². The van der Waals surface area contributed by atoms with Gasteiger partial charge in [0.05, 0.1) is 13.2 Å². The monoisotopic (exact) mass is 363 g/mol. The smallest absolute Gasteiger partial charge is 0.255 e. The van der Waals surface area contributed by atoms with Crippen LogP contribution in [0, 0.1) is 0 Å². The van der Waals surface area contributed by atoms with Gasteiger partial charge in [-0.1, -0.05) is 18.2 Å². The van der Waals surface area contributed by atoms with Crippen LogP contribution in [-0.2, 0) is 6.61 Å². The summed E-state index contributed by atoms with van der Waals surface area (Å²) in [4.78, 5) is 12.4. The molecule has 0 aromatic heterocycles. The summed E-state index contributed by atoms with van der Waals surface area (Å²) in [5.41, 5.74) is 1.73. The predicted molar refractivity (Wildman–Crippen MR) is 104 cm³/mol. The van der Waals surface area contributed by atoms with Gasteiger partial charge in [0.2, 0.25) is 0 Å². The first-order chi connectivity index (χ1) is 13.2. The molecule has 0 bridgehead atoms. The molecule has 2 N–H and O–H groups in total. The number of aliphatic hydroxyl groups is 1. The third kappa shape index (κ3) is 4.86. The maximum absolute atomic E-state index is 12.4. The van der Waals surface area contributed by atoms with Gasteiger partial charge in [0.1, 0.15) is 17.2 Å². The minimum atomic E-state index is -0.241. The second-order valence-electron chi connectivity index (χ2n) is 5.81. The van der Waals surface area contributed by atoms with Crippen molar-refractivity contribution in [3.05, 3.63) is 83.9 Å². The quantitative estimate of drug-likeness (QED) is 0.643. The highest BCUT2D eigenvalue weighted by molar-refractivity contribution is 6.04. The number of carbonyl (C=O) groups excluding carboxylic acids is 1. The van der Waals surface area contributed by atoms with Crippen LogP contribution in [0.3, 0.4) is 0 Å². The van der Waals surface area contributed by atoms with Gasteiger partial charge in [0, 0.05) is 16.8 Å². The normalized spacial score (nSPS) is 10.3. The standard InChI is InChI=1S/C22H21NO4/c1-2-26-21-13-10-18(14-17(21)15-24)23-22(25)16-8-11-20(12-9-16)27-19-6-4-3-5-7-19/h3-14,24H,2,15H2,1H3,(H,23,25). The fourth-order valence-electron chi connectivity index (χ4n) is 2.58. The number of rotatable bonds is 7. The van der Waals surface area contributed by atoms with Gasteiger partial charge in [0.25, 0.3) is 5.91 Å². The second kappa shape index (κ2) is 8.87. The molecular formula is C22H21NO4. The van der Waals surface area contributed by atoms with E-state index in [9.17, 15) is 9.90 Å². The van der Waals surface area contributed by atoms with Crippen molar-refractivity contribution in [2.75, 3.05) is 11.9 Å². The van der Waals surface area contributed by atoms with Gasteiger partial charge in [-0.25, -0.2) is 0 Å². The topological polar surface area (TPSA) is 67.8 Å². The molecule has 0 heterocycles. The van der Waals surface area contributed by atoms with Crippen molar-refractivity contribution in [2.24, 2.45) is 0 Å². The Labute approximate surface area is 158 Å². The molecule has 0 radical (unpaired) electrons. The number of carbonyl (C=O) groups is 1. The number of para-hydroxylation sites is 1. The zero-order valence-corrected chi connectivity index (χ0v) is 15.0. The number of ether oxygens (including phenoxy) is 2. The minimum absolute atomic E-state index is 0.162. The number of anilines is 1. The maximum Gasteiger partial charge on any atom is 0.255 e. The van der Waals surface area contributed by atoms with Gasteiger partial charge in [-0.15, -0.1) is 0 Å². The zero-order valence-electron chi connectivity index (χ0n) is 15.0. The third-order valence-corrected chi connectivity index (χ3v) is 3.88. The molecule has 0 aliphatic carbocycles. The van der Waals surface area contributed by atoms with Crippen molar-refractivity contribution in [1.82, 2.24) is 0 Å². The van der Waals surface area contributed by atoms with Crippen LogP contribution in [0.15, 0.2) is 72.8 Å². The molecule has 5 nitrogen and oxygen atoms in total. The number of hydrogen-bond donors (Lipinski definition) is 2. The summed E-state index contributed by atoms with van der Waals surface area (Å²) in [6.45, 7) is 2.22. The van der Waals surface area contributed by atoms with E-state index in [0.717, 1.165) is 5.75 Å². The first kappa shape index (κ1) is 18.5. The summed E-state index contributed by atoms with van der Waals surface area (Å²) >= 11 is 0. The molecule has 5 heteroatoms. The molecule has 1 amide bonds. The summed E-state index contributed by atoms with van der Waals surface area (Å²) in [5, 5.41) is 12.3. The molecule has 27 heavy (non-hydrogen) atoms. The van der Waals surface area contributed by atoms with E-state index in [2.05, 4.69) is 5.32 Å². The first-order valence-electron chi connectivity index (χ1n) is 8.70. The van der Waals surface area contributed by atoms with E-state index in [1.165, 1.54) is 0 Å². The molecule has 0 aliphatic rings. The van der Waals surface area contributed by atoms with Crippen LogP contribution in [0.5, 0.6) is 17.2 Å². The van der Waals surface area contributed by atoms with Crippen LogP contribution in [-0.4, -0.2) is 17.6 Å². The lowest BCUT2D eigenvalue weighted by molar-refractivity contribution is 0.102. The van der Waals surface area contributed by atoms with Gasteiger partial charge in [0.15, 0.2) is 0 Å². The van der Waals surface area contributed by atoms with E-state index in [0.29, 0.717) is 34.9 Å². The molecule has 0 unspecified atom stereocenters. The van der Waals surface area contributed by atoms with Gasteiger partial charge >= 0.3 is 0 Å². The Morgan fingerprint density at radius 1 is 0.963 bits per heavy atom. The lowest BCUT2D eigenvalue weighted by Gasteiger charge is -2.12. The summed E-state index contributed by atoms with van der Waals surface area (Å²) in [6, 6.07) is 21.5. The molecule has 0 aliphatic heterocycles. The molecule has 0 saturated carbocycles. The maximum atomic E-state index is 12.4. The Morgan fingerprint density at radius 2 is 1.67 bits per heavy atom. The van der Waals surface area contributed by atoms with Gasteiger partial charge in [-0.2, -0.15) is 0 Å². The van der Waals surface area contributed by atoms with Crippen molar-refractivity contribution in [3.8, 4) is 17.2 Å². The van der Waals surface area contributed by atoms with E-state index >= 15 is 0 Å². The second-order valence-corrected chi connectivity index (χ2v) is 5.81. The Morgan fingerprint density at radius 3 is 2.33 bits per heavy atom. The van der Waals surface area contributed by atoms with Crippen LogP contribution in [0.25, 0.3) is 0 Å². The fraction of sp³-hybridized carbons (Fsp3) is 0.136. The van der Waals surface area contributed by atoms with Crippen LogP contribution in [0.1, 0.15) is 22.8 Å². The molecule has 3 aromatic rings. The highest BCUT2D eigenvalue weighted by atomic mass is 16.5. The van der Waals surface area contributed by atoms with Crippen molar-refractivity contribution in [1.29, 1.82) is 0 Å². The van der Waals surface area contributed by atoms with E-state index in [-0.39, 0.29) is 12.5 Å². The molecule has 3 aromatic carbocycles. The first-order valence-corrected chi connectivity index (χ1v) is 8.70. The highest BCUT2D eigenvalue weighted by Gasteiger charge is 2.09. The van der Waals surface area contributed by atoms with Crippen LogP contribution >= 0.6 is 0 Å². The van der Waals surface area contributed by atoms with Crippen molar-refractivity contribution in [3.63, 3.8) is 0 Å². The zero-order chi connectivity index (χ0) is 19.1. The third-order valence-electron chi connectivity index (χ3n) is 3.88. The number of aliphatic hydroxyl groups excluding tert-OH is 1. The van der Waals surface area contributed by atoms with Gasteiger partial charge in [-0.3, -0.25) is 4.79 Å². The molecule has 0 saturated heterocycles. The number of nitrogens with one attached hydrogen (secondary N) is 1. The lowest BCUT2D eigenvalue weighted by Crippen LogP contribution is -2.12. The van der Waals surface area contributed by atoms with Crippen molar-refractivity contribution >= 4 is 11.6 Å². The summed E-state index contributed by atoms with van der Waals surface area (Å²) < 4.78 is 11.2. The summed E-state index contributed by atoms with van der Waals surface area (Å²) in [7, 11) is 0. The largest absolute Gasteiger partial charge is 0.494 e. The Bertz CT molecular complexity index is 892. The summed E-state index contributed by atoms with van der Waals surface area (Å²) in [6.07, 6.45) is 0. The fourth-order valence-corrected chi connectivity index (χ4v) is 2.58. The van der Waals surface area contributed by atoms with Crippen molar-refractivity contribution in [2.45, 2.75) is 13.5 Å². The van der Waals surface area contributed by atoms with E-state index in [1.54, 1.807) is 42.5 Å². The summed E-state index contributed by atoms with van der Waals surface area (Å²) in [5.74, 6) is 1.76. The number of benzene rings is 3. The minimum Gasteiger partial charge on any atom is -0.494 e. The number of amides is 1. The lowest BCUT2D eigenvalue weighted by atomic mass is 10.1. The molecule has 0 atom stereocenters. The average molecular weight is 363 g/mol. The Balaban J connectivity index is 1.67. The van der Waals surface area contributed by atoms with Crippen LogP contribution in [0.4, 0.5) is 5.69 Å². The van der Waals surface area contributed by atoms with E-state index in [4.69, 9.17) is 9.47 Å². The predicted octanol–water partition coefficient (Wildman–Crippen LogP) is 4.62. The Kier molecular flexibility index (Phi) is 6.07. The van der Waals surface area contributed by atoms with Crippen LogP contribution in [0.2, 0.25) is 0 Å². The van der Waals surface area contributed by atoms with E-state index < -0.39 is 0 Å². The molecule has 0 spiro atoms. The van der Waals surface area contributed by atoms with Gasteiger partial charge < -0.3 is 19.9 Å². The molecular weight excluding hydrogens is 342 g/mol. The SMILES string of the molecule is CCOc1ccc(NC(=O)c2ccc(Oc3ccccc3)cc2)cc1CO. The molecule has 0 fully saturated rings. The molecule has 138 valence electrons. The Hall–Kier alpha value is -3.31. The van der Waals surface area contributed by atoms with Crippen LogP contribution < -0.4 is 14.8 Å². The number of hydrogen-bond acceptors (Lipinski definition) is 4. The molecule has 3 rings (SSSR count). The van der Waals surface area contributed by atoms with E-state index in [1.807, 2.05) is 37.3 Å². The average Bonchev–Trinajstić information content (AvgIpc) is 2.70. The highest BCUT2D eigenvalue weighted by Crippen LogP contribution is 2.24. The van der Waals surface area contributed by atoms with Crippen molar-refractivity contribution < 1.29 is 19.4 Å².